The molecule has 1 N–H and O–H groups in total. The second-order valence-corrected chi connectivity index (χ2v) is 12.0. The van der Waals surface area contributed by atoms with Crippen LogP contribution in [0.25, 0.3) is 0 Å². The van der Waals surface area contributed by atoms with Crippen LogP contribution in [0.3, 0.4) is 0 Å². The minimum Gasteiger partial charge on any atom is -0.486 e. The maximum absolute atomic E-state index is 14.1. The number of fused-ring (bicyclic) bond motifs is 1. The molecule has 10 heteroatoms. The number of sulfonamides is 1. The summed E-state index contributed by atoms with van der Waals surface area (Å²) in [6.07, 6.45) is 0.734. The summed E-state index contributed by atoms with van der Waals surface area (Å²) in [5.41, 5.74) is 2.13. The number of nitrogens with zero attached hydrogens (tertiary/aromatic N) is 2. The van der Waals surface area contributed by atoms with Crippen LogP contribution in [0.5, 0.6) is 11.5 Å². The van der Waals surface area contributed by atoms with E-state index in [1.807, 2.05) is 45.0 Å². The molecule has 3 aromatic carbocycles. The molecule has 2 atom stereocenters. The summed E-state index contributed by atoms with van der Waals surface area (Å²) in [4.78, 5) is 28.7. The third-order valence-electron chi connectivity index (χ3n) is 7.07. The Hall–Kier alpha value is -4.05. The quantitative estimate of drug-likeness (QED) is 0.363. The molecule has 0 aliphatic carbocycles. The van der Waals surface area contributed by atoms with Crippen molar-refractivity contribution in [3.63, 3.8) is 0 Å². The van der Waals surface area contributed by atoms with Gasteiger partial charge < -0.3 is 19.7 Å². The van der Waals surface area contributed by atoms with Gasteiger partial charge in [-0.1, -0.05) is 55.0 Å². The number of hydrogen-bond acceptors (Lipinski definition) is 6. The monoisotopic (exact) mass is 579 g/mol. The van der Waals surface area contributed by atoms with E-state index >= 15 is 0 Å². The summed E-state index contributed by atoms with van der Waals surface area (Å²) in [7, 11) is -4.17. The van der Waals surface area contributed by atoms with Gasteiger partial charge >= 0.3 is 0 Å². The Bertz CT molecular complexity index is 1460. The number of amides is 2. The first kappa shape index (κ1) is 29.9. The molecule has 0 saturated carbocycles. The summed E-state index contributed by atoms with van der Waals surface area (Å²) in [5, 5.41) is 2.94. The van der Waals surface area contributed by atoms with E-state index in [2.05, 4.69) is 5.32 Å². The van der Waals surface area contributed by atoms with E-state index < -0.39 is 28.5 Å². The molecule has 0 bridgehead atoms. The average Bonchev–Trinajstić information content (AvgIpc) is 2.99. The molecule has 0 spiro atoms. The number of carbonyl (C=O) groups excluding carboxylic acids is 2. The van der Waals surface area contributed by atoms with Crippen molar-refractivity contribution in [1.29, 1.82) is 0 Å². The van der Waals surface area contributed by atoms with E-state index in [0.717, 1.165) is 21.9 Å². The molecular formula is C31H37N3O6S. The average molecular weight is 580 g/mol. The summed E-state index contributed by atoms with van der Waals surface area (Å²) in [5.74, 6) is 0.0652. The predicted molar refractivity (Wildman–Crippen MR) is 157 cm³/mol. The maximum atomic E-state index is 14.1. The fraction of sp³-hybridized carbons (Fsp3) is 0.355. The molecule has 1 aliphatic rings. The lowest BCUT2D eigenvalue weighted by Gasteiger charge is -2.32. The Morgan fingerprint density at radius 1 is 0.927 bits per heavy atom. The van der Waals surface area contributed by atoms with Crippen molar-refractivity contribution in [1.82, 2.24) is 10.2 Å². The molecular weight excluding hydrogens is 542 g/mol. The largest absolute Gasteiger partial charge is 0.486 e. The lowest BCUT2D eigenvalue weighted by atomic mass is 10.1. The van der Waals surface area contributed by atoms with Gasteiger partial charge in [-0.2, -0.15) is 0 Å². The van der Waals surface area contributed by atoms with Gasteiger partial charge in [-0.25, -0.2) is 8.42 Å². The first-order chi connectivity index (χ1) is 19.6. The van der Waals surface area contributed by atoms with Crippen LogP contribution in [-0.2, 0) is 26.2 Å². The Labute approximate surface area is 242 Å². The number of anilines is 1. The van der Waals surface area contributed by atoms with Crippen LogP contribution < -0.4 is 19.1 Å². The number of nitrogens with one attached hydrogen (secondary N) is 1. The number of aryl methyl sites for hydroxylation is 1. The van der Waals surface area contributed by atoms with Gasteiger partial charge in [0.2, 0.25) is 11.8 Å². The van der Waals surface area contributed by atoms with E-state index in [1.54, 1.807) is 43.3 Å². The Kier molecular flexibility index (Phi) is 9.54. The second-order valence-electron chi connectivity index (χ2n) is 10.2. The van der Waals surface area contributed by atoms with Crippen LogP contribution in [0.4, 0.5) is 5.69 Å². The van der Waals surface area contributed by atoms with Gasteiger partial charge in [0.25, 0.3) is 10.0 Å². The maximum Gasteiger partial charge on any atom is 0.264 e. The van der Waals surface area contributed by atoms with Crippen molar-refractivity contribution in [2.45, 2.75) is 57.6 Å². The Morgan fingerprint density at radius 3 is 2.24 bits per heavy atom. The minimum absolute atomic E-state index is 0.0373. The van der Waals surface area contributed by atoms with Gasteiger partial charge in [-0.05, 0) is 57.0 Å². The molecule has 1 heterocycles. The summed E-state index contributed by atoms with van der Waals surface area (Å²) < 4.78 is 40.3. The number of ether oxygens (including phenoxy) is 2. The van der Waals surface area contributed by atoms with Crippen LogP contribution in [0, 0.1) is 6.92 Å². The third-order valence-corrected chi connectivity index (χ3v) is 8.85. The fourth-order valence-electron chi connectivity index (χ4n) is 4.37. The highest BCUT2D eigenvalue weighted by molar-refractivity contribution is 7.92. The zero-order chi connectivity index (χ0) is 29.6. The van der Waals surface area contributed by atoms with Gasteiger partial charge in [0, 0.05) is 18.7 Å². The number of carbonyl (C=O) groups is 2. The molecule has 0 aromatic heterocycles. The van der Waals surface area contributed by atoms with Gasteiger partial charge in [0.1, 0.15) is 25.8 Å². The third kappa shape index (κ3) is 7.18. The molecule has 4 rings (SSSR count). The fourth-order valence-corrected chi connectivity index (χ4v) is 5.80. The minimum atomic E-state index is -4.17. The van der Waals surface area contributed by atoms with Crippen LogP contribution >= 0.6 is 0 Å². The molecule has 0 radical (unpaired) electrons. The van der Waals surface area contributed by atoms with Crippen molar-refractivity contribution >= 4 is 27.5 Å². The highest BCUT2D eigenvalue weighted by Gasteiger charge is 2.33. The standard InChI is InChI=1S/C31H37N3O6S/c1-5-23(3)32-31(36)24(4)33(20-25-13-11-22(2)12-14-25)30(35)21-34(41(37,38)27-9-7-6-8-10-27)26-15-16-28-29(19-26)40-18-17-39-28/h6-16,19,23-24H,5,17-18,20-21H2,1-4H3,(H,32,36)/t23-,24-/m1/s1. The number of rotatable bonds is 11. The molecule has 0 unspecified atom stereocenters. The molecule has 1 aliphatic heterocycles. The second kappa shape index (κ2) is 13.1. The highest BCUT2D eigenvalue weighted by Crippen LogP contribution is 2.36. The lowest BCUT2D eigenvalue weighted by Crippen LogP contribution is -2.52. The summed E-state index contributed by atoms with van der Waals surface area (Å²) >= 11 is 0. The molecule has 0 fully saturated rings. The molecule has 9 nitrogen and oxygen atoms in total. The zero-order valence-electron chi connectivity index (χ0n) is 23.9. The predicted octanol–water partition coefficient (Wildman–Crippen LogP) is 4.29. The first-order valence-electron chi connectivity index (χ1n) is 13.7. The van der Waals surface area contributed by atoms with E-state index in [1.165, 1.54) is 17.0 Å². The zero-order valence-corrected chi connectivity index (χ0v) is 24.7. The summed E-state index contributed by atoms with van der Waals surface area (Å²) in [6, 6.07) is 19.5. The van der Waals surface area contributed by atoms with Crippen LogP contribution in [-0.4, -0.2) is 57.0 Å². The Balaban J connectivity index is 1.72. The van der Waals surface area contributed by atoms with E-state index in [9.17, 15) is 18.0 Å². The lowest BCUT2D eigenvalue weighted by molar-refractivity contribution is -0.139. The molecule has 41 heavy (non-hydrogen) atoms. The van der Waals surface area contributed by atoms with Crippen molar-refractivity contribution in [3.8, 4) is 11.5 Å². The van der Waals surface area contributed by atoms with E-state index in [0.29, 0.717) is 24.7 Å². The molecule has 2 amide bonds. The van der Waals surface area contributed by atoms with E-state index in [4.69, 9.17) is 9.47 Å². The topological polar surface area (TPSA) is 105 Å². The van der Waals surface area contributed by atoms with Gasteiger partial charge in [0.05, 0.1) is 10.6 Å². The van der Waals surface area contributed by atoms with E-state index in [-0.39, 0.29) is 29.1 Å². The normalized spacial score (nSPS) is 14.0. The highest BCUT2D eigenvalue weighted by atomic mass is 32.2. The molecule has 0 saturated heterocycles. The van der Waals surface area contributed by atoms with Crippen LogP contribution in [0.15, 0.2) is 77.7 Å². The van der Waals surface area contributed by atoms with Crippen molar-refractivity contribution in [3.05, 3.63) is 83.9 Å². The first-order valence-corrected chi connectivity index (χ1v) is 15.2. The van der Waals surface area contributed by atoms with Gasteiger partial charge in [-0.15, -0.1) is 0 Å². The van der Waals surface area contributed by atoms with Crippen molar-refractivity contribution in [2.24, 2.45) is 0 Å². The van der Waals surface area contributed by atoms with Crippen molar-refractivity contribution in [2.75, 3.05) is 24.1 Å². The van der Waals surface area contributed by atoms with Crippen LogP contribution in [0.2, 0.25) is 0 Å². The smallest absolute Gasteiger partial charge is 0.264 e. The number of benzene rings is 3. The van der Waals surface area contributed by atoms with Crippen molar-refractivity contribution < 1.29 is 27.5 Å². The molecule has 218 valence electrons. The Morgan fingerprint density at radius 2 is 1.59 bits per heavy atom. The SMILES string of the molecule is CC[C@@H](C)NC(=O)[C@@H](C)N(Cc1ccc(C)cc1)C(=O)CN(c1ccc2c(c1)OCCO2)S(=O)(=O)c1ccccc1. The van der Waals surface area contributed by atoms with Gasteiger partial charge in [0.15, 0.2) is 11.5 Å². The summed E-state index contributed by atoms with van der Waals surface area (Å²) in [6.45, 7) is 7.81. The number of hydrogen-bond donors (Lipinski definition) is 1. The van der Waals surface area contributed by atoms with Gasteiger partial charge in [-0.3, -0.25) is 13.9 Å². The molecule has 3 aromatic rings. The van der Waals surface area contributed by atoms with Crippen LogP contribution in [0.1, 0.15) is 38.3 Å².